The van der Waals surface area contributed by atoms with E-state index in [1.807, 2.05) is 11.8 Å². The Hall–Kier alpha value is -1.52. The molecule has 1 aromatic heterocycles. The molecule has 0 spiro atoms. The maximum Gasteiger partial charge on any atom is 0.259 e. The van der Waals surface area contributed by atoms with Gasteiger partial charge in [0.15, 0.2) is 0 Å². The summed E-state index contributed by atoms with van der Waals surface area (Å²) in [6.07, 6.45) is 3.86. The predicted octanol–water partition coefficient (Wildman–Crippen LogP) is 1.36. The van der Waals surface area contributed by atoms with Gasteiger partial charge in [-0.3, -0.25) is 4.79 Å². The zero-order chi connectivity index (χ0) is 12.4. The van der Waals surface area contributed by atoms with Crippen LogP contribution in [0.1, 0.15) is 37.0 Å². The summed E-state index contributed by atoms with van der Waals surface area (Å²) >= 11 is 0. The molecule has 0 aliphatic carbocycles. The number of likely N-dealkylation sites (tertiary alicyclic amines) is 1. The van der Waals surface area contributed by atoms with Gasteiger partial charge in [0.05, 0.1) is 6.20 Å². The number of rotatable bonds is 2. The van der Waals surface area contributed by atoms with Gasteiger partial charge in [-0.05, 0) is 25.7 Å². The zero-order valence-electron chi connectivity index (χ0n) is 10.5. The van der Waals surface area contributed by atoms with Gasteiger partial charge >= 0.3 is 0 Å². The van der Waals surface area contributed by atoms with E-state index in [1.54, 1.807) is 10.9 Å². The average Bonchev–Trinajstić information content (AvgIpc) is 2.69. The summed E-state index contributed by atoms with van der Waals surface area (Å²) in [6.45, 7) is 6.49. The quantitative estimate of drug-likeness (QED) is 0.843. The molecule has 94 valence electrons. The van der Waals surface area contributed by atoms with Crippen molar-refractivity contribution in [1.29, 1.82) is 0 Å². The fourth-order valence-electron chi connectivity index (χ4n) is 2.36. The number of nitrogens with two attached hydrogens (primary N) is 1. The Labute approximate surface area is 102 Å². The second kappa shape index (κ2) is 4.77. The monoisotopic (exact) mass is 236 g/mol. The molecule has 1 fully saturated rings. The first kappa shape index (κ1) is 12.0. The highest BCUT2D eigenvalue weighted by Crippen LogP contribution is 2.20. The minimum Gasteiger partial charge on any atom is -0.383 e. The van der Waals surface area contributed by atoms with E-state index in [2.05, 4.69) is 12.0 Å². The van der Waals surface area contributed by atoms with Crippen LogP contribution in [-0.2, 0) is 6.54 Å². The van der Waals surface area contributed by atoms with Crippen LogP contribution in [0.5, 0.6) is 0 Å². The number of aromatic nitrogens is 2. The van der Waals surface area contributed by atoms with Crippen LogP contribution in [0.3, 0.4) is 0 Å². The van der Waals surface area contributed by atoms with Crippen molar-refractivity contribution in [3.8, 4) is 0 Å². The van der Waals surface area contributed by atoms with Crippen LogP contribution in [0.15, 0.2) is 6.20 Å². The van der Waals surface area contributed by atoms with Gasteiger partial charge in [-0.2, -0.15) is 5.10 Å². The van der Waals surface area contributed by atoms with Crippen LogP contribution in [0.25, 0.3) is 0 Å². The Morgan fingerprint density at radius 3 is 3.00 bits per heavy atom. The van der Waals surface area contributed by atoms with Crippen LogP contribution in [-0.4, -0.2) is 33.7 Å². The lowest BCUT2D eigenvalue weighted by atomic mass is 10.00. The van der Waals surface area contributed by atoms with E-state index >= 15 is 0 Å². The summed E-state index contributed by atoms with van der Waals surface area (Å²) in [4.78, 5) is 14.2. The normalized spacial score (nSPS) is 20.6. The van der Waals surface area contributed by atoms with Crippen molar-refractivity contribution in [2.45, 2.75) is 33.2 Å². The summed E-state index contributed by atoms with van der Waals surface area (Å²) in [6, 6.07) is 0. The first-order valence-electron chi connectivity index (χ1n) is 6.24. The van der Waals surface area contributed by atoms with E-state index < -0.39 is 0 Å². The highest BCUT2D eigenvalue weighted by molar-refractivity contribution is 5.98. The van der Waals surface area contributed by atoms with Gasteiger partial charge in [-0.25, -0.2) is 4.68 Å². The Morgan fingerprint density at radius 2 is 2.41 bits per heavy atom. The molecule has 5 nitrogen and oxygen atoms in total. The van der Waals surface area contributed by atoms with Crippen molar-refractivity contribution in [1.82, 2.24) is 14.7 Å². The summed E-state index contributed by atoms with van der Waals surface area (Å²) in [5, 5.41) is 4.11. The van der Waals surface area contributed by atoms with Gasteiger partial charge in [0, 0.05) is 19.6 Å². The van der Waals surface area contributed by atoms with Crippen molar-refractivity contribution >= 4 is 11.7 Å². The van der Waals surface area contributed by atoms with Crippen molar-refractivity contribution in [3.63, 3.8) is 0 Å². The molecular weight excluding hydrogens is 216 g/mol. The first-order valence-corrected chi connectivity index (χ1v) is 6.24. The van der Waals surface area contributed by atoms with Gasteiger partial charge in [-0.15, -0.1) is 0 Å². The fourth-order valence-corrected chi connectivity index (χ4v) is 2.36. The lowest BCUT2D eigenvalue weighted by molar-refractivity contribution is 0.0684. The molecule has 1 saturated heterocycles. The van der Waals surface area contributed by atoms with Crippen molar-refractivity contribution < 1.29 is 4.79 Å². The molecule has 1 aromatic rings. The zero-order valence-corrected chi connectivity index (χ0v) is 10.5. The molecular formula is C12H20N4O. The number of hydrogen-bond donors (Lipinski definition) is 1. The number of amides is 1. The third-order valence-electron chi connectivity index (χ3n) is 3.35. The van der Waals surface area contributed by atoms with E-state index in [0.29, 0.717) is 23.8 Å². The van der Waals surface area contributed by atoms with E-state index in [9.17, 15) is 4.79 Å². The molecule has 5 heteroatoms. The van der Waals surface area contributed by atoms with Gasteiger partial charge in [-0.1, -0.05) is 6.92 Å². The predicted molar refractivity (Wildman–Crippen MR) is 66.6 cm³/mol. The number of aryl methyl sites for hydroxylation is 1. The molecule has 0 aromatic carbocycles. The molecule has 0 radical (unpaired) electrons. The summed E-state index contributed by atoms with van der Waals surface area (Å²) in [5.41, 5.74) is 6.45. The van der Waals surface area contributed by atoms with Crippen LogP contribution < -0.4 is 5.73 Å². The minimum atomic E-state index is 0.0220. The molecule has 0 saturated carbocycles. The molecule has 2 N–H and O–H groups in total. The lowest BCUT2D eigenvalue weighted by Gasteiger charge is -2.30. The fraction of sp³-hybridized carbons (Fsp3) is 0.667. The van der Waals surface area contributed by atoms with E-state index in [4.69, 9.17) is 5.73 Å². The summed E-state index contributed by atoms with van der Waals surface area (Å²) in [5.74, 6) is 1.08. The van der Waals surface area contributed by atoms with Gasteiger partial charge in [0.1, 0.15) is 11.4 Å². The molecule has 17 heavy (non-hydrogen) atoms. The Kier molecular flexibility index (Phi) is 3.36. The minimum absolute atomic E-state index is 0.0220. The van der Waals surface area contributed by atoms with Crippen LogP contribution in [0.2, 0.25) is 0 Å². The molecule has 1 amide bonds. The molecule has 1 unspecified atom stereocenters. The van der Waals surface area contributed by atoms with E-state index in [0.717, 1.165) is 19.5 Å². The van der Waals surface area contributed by atoms with E-state index in [-0.39, 0.29) is 5.91 Å². The maximum atomic E-state index is 12.3. The van der Waals surface area contributed by atoms with Crippen molar-refractivity contribution in [3.05, 3.63) is 11.8 Å². The molecule has 2 rings (SSSR count). The lowest BCUT2D eigenvalue weighted by Crippen LogP contribution is -2.39. The van der Waals surface area contributed by atoms with Crippen LogP contribution in [0, 0.1) is 5.92 Å². The number of nitrogens with zero attached hydrogens (tertiary/aromatic N) is 3. The smallest absolute Gasteiger partial charge is 0.259 e. The molecule has 0 bridgehead atoms. The van der Waals surface area contributed by atoms with Crippen LogP contribution in [0.4, 0.5) is 5.82 Å². The average molecular weight is 236 g/mol. The number of piperidine rings is 1. The van der Waals surface area contributed by atoms with Gasteiger partial charge in [0.25, 0.3) is 5.91 Å². The standard InChI is InChI=1S/C12H20N4O/c1-3-16-11(13)10(7-14-16)12(17)15-6-4-5-9(2)8-15/h7,9H,3-6,8,13H2,1-2H3. The molecule has 1 aliphatic heterocycles. The summed E-state index contributed by atoms with van der Waals surface area (Å²) in [7, 11) is 0. The highest BCUT2D eigenvalue weighted by atomic mass is 16.2. The number of nitrogen functional groups attached to an aromatic ring is 1. The Balaban J connectivity index is 2.16. The topological polar surface area (TPSA) is 64.2 Å². The van der Waals surface area contributed by atoms with Crippen LogP contribution >= 0.6 is 0 Å². The molecule has 2 heterocycles. The first-order chi connectivity index (χ1) is 8.13. The number of hydrogen-bond acceptors (Lipinski definition) is 3. The number of carbonyl (C=O) groups is 1. The number of anilines is 1. The highest BCUT2D eigenvalue weighted by Gasteiger charge is 2.24. The van der Waals surface area contributed by atoms with Crippen molar-refractivity contribution in [2.75, 3.05) is 18.8 Å². The Morgan fingerprint density at radius 1 is 1.65 bits per heavy atom. The molecule has 1 atom stereocenters. The maximum absolute atomic E-state index is 12.3. The Bertz CT molecular complexity index is 413. The summed E-state index contributed by atoms with van der Waals surface area (Å²) < 4.78 is 1.65. The molecule has 1 aliphatic rings. The van der Waals surface area contributed by atoms with Crippen molar-refractivity contribution in [2.24, 2.45) is 5.92 Å². The van der Waals surface area contributed by atoms with Gasteiger partial charge in [0.2, 0.25) is 0 Å². The second-order valence-electron chi connectivity index (χ2n) is 4.76. The SMILES string of the molecule is CCn1ncc(C(=O)N2CCCC(C)C2)c1N. The number of carbonyl (C=O) groups excluding carboxylic acids is 1. The third kappa shape index (κ3) is 2.28. The third-order valence-corrected chi connectivity index (χ3v) is 3.35. The van der Waals surface area contributed by atoms with Gasteiger partial charge < -0.3 is 10.6 Å². The largest absolute Gasteiger partial charge is 0.383 e. The second-order valence-corrected chi connectivity index (χ2v) is 4.76. The van der Waals surface area contributed by atoms with E-state index in [1.165, 1.54) is 6.42 Å².